The molecule has 1 aromatic heterocycles. The van der Waals surface area contributed by atoms with E-state index in [1.165, 1.54) is 12.3 Å². The van der Waals surface area contributed by atoms with Gasteiger partial charge in [-0.15, -0.1) is 0 Å². The SMILES string of the molecule is Cc1c(COc2cc(OCc3cncc(S(C)(=O)=O)c3)c(CN3CCCC[C@H]3C(=O)O)cc2Cl)cccc1-c1cccc(OCCCN2CC[C@@H](C(=O)O)C2)c1C. The zero-order valence-corrected chi connectivity index (χ0v) is 34.2. The summed E-state index contributed by atoms with van der Waals surface area (Å²) in [6.45, 7) is 7.94. The lowest BCUT2D eigenvalue weighted by atomic mass is 9.93. The number of benzene rings is 3. The molecule has 2 fully saturated rings. The number of piperidine rings is 1. The second-order valence-electron chi connectivity index (χ2n) is 14.9. The van der Waals surface area contributed by atoms with Crippen LogP contribution < -0.4 is 14.2 Å². The smallest absolute Gasteiger partial charge is 0.320 e. The van der Waals surface area contributed by atoms with Gasteiger partial charge in [0, 0.05) is 55.5 Å². The van der Waals surface area contributed by atoms with Gasteiger partial charge in [-0.2, -0.15) is 0 Å². The van der Waals surface area contributed by atoms with Crippen molar-refractivity contribution < 1.29 is 42.4 Å². The number of sulfone groups is 1. The van der Waals surface area contributed by atoms with Gasteiger partial charge >= 0.3 is 11.9 Å². The minimum atomic E-state index is -3.48. The number of aromatic nitrogens is 1. The lowest BCUT2D eigenvalue weighted by Crippen LogP contribution is -2.44. The molecule has 0 unspecified atom stereocenters. The van der Waals surface area contributed by atoms with Crippen LogP contribution in [0.2, 0.25) is 5.02 Å². The monoisotopic (exact) mass is 819 g/mol. The molecule has 0 saturated carbocycles. The van der Waals surface area contributed by atoms with Gasteiger partial charge in [0.1, 0.15) is 36.5 Å². The molecule has 2 saturated heterocycles. The zero-order chi connectivity index (χ0) is 40.7. The van der Waals surface area contributed by atoms with Crippen LogP contribution in [0, 0.1) is 19.8 Å². The standard InChI is InChI=1S/C43H50ClN3O9S/c1-28-32(9-6-10-35(28)36-11-7-13-39(29(36)2)54-18-8-15-46-17-14-31(24-46)42(48)49)27-56-41-21-40(55-26-30-19-34(23-45-22-30)57(3,52)53)33(20-37(41)44)25-47-16-5-4-12-38(47)43(50)51/h6-7,9-11,13,19-23,31,38H,4-5,8,12,14-18,24-27H2,1-3H3,(H,48,49)(H,50,51)/t31-,38+/m1/s1. The van der Waals surface area contributed by atoms with Gasteiger partial charge in [-0.25, -0.2) is 8.42 Å². The third-order valence-corrected chi connectivity index (χ3v) is 12.3. The van der Waals surface area contributed by atoms with Crippen LogP contribution in [-0.4, -0.2) is 90.4 Å². The Hall–Kier alpha value is -4.69. The number of carboxylic acids is 2. The van der Waals surface area contributed by atoms with Crippen molar-refractivity contribution in [1.82, 2.24) is 14.8 Å². The maximum Gasteiger partial charge on any atom is 0.320 e. The lowest BCUT2D eigenvalue weighted by Gasteiger charge is -2.33. The largest absolute Gasteiger partial charge is 0.493 e. The zero-order valence-electron chi connectivity index (χ0n) is 32.6. The molecule has 4 aromatic rings. The van der Waals surface area contributed by atoms with Gasteiger partial charge in [0.05, 0.1) is 22.4 Å². The van der Waals surface area contributed by atoms with E-state index in [0.717, 1.165) is 72.2 Å². The van der Waals surface area contributed by atoms with E-state index in [1.807, 2.05) is 36.1 Å². The third kappa shape index (κ3) is 10.6. The molecule has 2 aliphatic heterocycles. The first-order valence-electron chi connectivity index (χ1n) is 19.2. The Morgan fingerprint density at radius 2 is 1.60 bits per heavy atom. The van der Waals surface area contributed by atoms with Gasteiger partial charge in [-0.05, 0) is 98.6 Å². The van der Waals surface area contributed by atoms with Crippen molar-refractivity contribution >= 4 is 33.4 Å². The van der Waals surface area contributed by atoms with Crippen molar-refractivity contribution in [2.75, 3.05) is 39.0 Å². The topological polar surface area (TPSA) is 156 Å². The quantitative estimate of drug-likeness (QED) is 0.104. The fourth-order valence-corrected chi connectivity index (χ4v) is 8.45. The van der Waals surface area contributed by atoms with Crippen LogP contribution in [0.25, 0.3) is 11.1 Å². The maximum atomic E-state index is 12.2. The van der Waals surface area contributed by atoms with E-state index in [1.54, 1.807) is 18.3 Å². The number of aliphatic carboxylic acids is 2. The van der Waals surface area contributed by atoms with E-state index in [9.17, 15) is 28.2 Å². The minimum absolute atomic E-state index is 0.0156. The van der Waals surface area contributed by atoms with E-state index in [0.29, 0.717) is 66.7 Å². The third-order valence-electron chi connectivity index (χ3n) is 10.9. The summed E-state index contributed by atoms with van der Waals surface area (Å²) in [5.41, 5.74) is 6.33. The Kier molecular flexibility index (Phi) is 13.8. The van der Waals surface area contributed by atoms with E-state index >= 15 is 0 Å². The van der Waals surface area contributed by atoms with Crippen LogP contribution in [0.4, 0.5) is 0 Å². The van der Waals surface area contributed by atoms with Crippen LogP contribution in [-0.2, 0) is 39.2 Å². The van der Waals surface area contributed by atoms with Gasteiger partial charge in [0.25, 0.3) is 0 Å². The van der Waals surface area contributed by atoms with E-state index in [4.69, 9.17) is 25.8 Å². The Morgan fingerprint density at radius 3 is 2.33 bits per heavy atom. The van der Waals surface area contributed by atoms with Crippen molar-refractivity contribution in [3.63, 3.8) is 0 Å². The molecule has 0 aliphatic carbocycles. The van der Waals surface area contributed by atoms with Crippen molar-refractivity contribution in [3.05, 3.63) is 99.8 Å². The summed E-state index contributed by atoms with van der Waals surface area (Å²) in [6.07, 6.45) is 7.72. The number of likely N-dealkylation sites (tertiary alicyclic amines) is 2. The molecule has 3 heterocycles. The molecule has 2 atom stereocenters. The Balaban J connectivity index is 1.18. The van der Waals surface area contributed by atoms with Crippen LogP contribution in [0.5, 0.6) is 17.2 Å². The summed E-state index contributed by atoms with van der Waals surface area (Å²) in [7, 11) is -3.48. The Bertz CT molecular complexity index is 2200. The fraction of sp³-hybridized carbons (Fsp3) is 0.419. The number of pyridine rings is 1. The highest BCUT2D eigenvalue weighted by atomic mass is 35.5. The average molecular weight is 820 g/mol. The van der Waals surface area contributed by atoms with Crippen molar-refractivity contribution in [2.24, 2.45) is 5.92 Å². The molecule has 12 nitrogen and oxygen atoms in total. The number of halogens is 1. The Morgan fingerprint density at radius 1 is 0.842 bits per heavy atom. The molecule has 0 radical (unpaired) electrons. The number of nitrogens with zero attached hydrogens (tertiary/aromatic N) is 3. The molecule has 3 aromatic carbocycles. The van der Waals surface area contributed by atoms with Gasteiger partial charge in [0.15, 0.2) is 9.84 Å². The van der Waals surface area contributed by atoms with E-state index < -0.39 is 27.8 Å². The average Bonchev–Trinajstić information content (AvgIpc) is 3.66. The first kappa shape index (κ1) is 41.9. The summed E-state index contributed by atoms with van der Waals surface area (Å²) in [4.78, 5) is 31.7. The maximum absolute atomic E-state index is 12.2. The van der Waals surface area contributed by atoms with Crippen molar-refractivity contribution in [2.45, 2.75) is 76.6 Å². The summed E-state index contributed by atoms with van der Waals surface area (Å²) in [5.74, 6) is -0.252. The predicted octanol–water partition coefficient (Wildman–Crippen LogP) is 7.19. The first-order valence-corrected chi connectivity index (χ1v) is 21.5. The number of carbonyl (C=O) groups is 2. The van der Waals surface area contributed by atoms with Crippen LogP contribution in [0.3, 0.4) is 0 Å². The highest BCUT2D eigenvalue weighted by molar-refractivity contribution is 7.90. The molecule has 0 amide bonds. The van der Waals surface area contributed by atoms with Gasteiger partial charge in [-0.3, -0.25) is 19.5 Å². The molecule has 14 heteroatoms. The molecule has 2 aliphatic rings. The highest BCUT2D eigenvalue weighted by Crippen LogP contribution is 2.37. The normalized spacial score (nSPS) is 17.7. The Labute approximate surface area is 339 Å². The van der Waals surface area contributed by atoms with Gasteiger partial charge < -0.3 is 29.3 Å². The second-order valence-corrected chi connectivity index (χ2v) is 17.4. The first-order chi connectivity index (χ1) is 27.3. The number of carboxylic acid groups (broad SMARTS) is 2. The van der Waals surface area contributed by atoms with Crippen LogP contribution in [0.15, 0.2) is 71.9 Å². The summed E-state index contributed by atoms with van der Waals surface area (Å²) < 4.78 is 43.2. The predicted molar refractivity (Wildman–Crippen MR) is 217 cm³/mol. The second kappa shape index (κ2) is 18.7. The van der Waals surface area contributed by atoms with Crippen molar-refractivity contribution in [1.29, 1.82) is 0 Å². The molecule has 2 N–H and O–H groups in total. The summed E-state index contributed by atoms with van der Waals surface area (Å²) in [5, 5.41) is 19.6. The molecule has 0 spiro atoms. The van der Waals surface area contributed by atoms with E-state index in [-0.39, 0.29) is 24.0 Å². The molecule has 6 rings (SSSR count). The summed E-state index contributed by atoms with van der Waals surface area (Å²) >= 11 is 6.85. The lowest BCUT2D eigenvalue weighted by molar-refractivity contribution is -0.145. The molecule has 304 valence electrons. The highest BCUT2D eigenvalue weighted by Gasteiger charge is 2.30. The fourth-order valence-electron chi connectivity index (χ4n) is 7.59. The molecular weight excluding hydrogens is 770 g/mol. The molecular formula is C43H50ClN3O9S. The van der Waals surface area contributed by atoms with Gasteiger partial charge in [0.2, 0.25) is 0 Å². The summed E-state index contributed by atoms with van der Waals surface area (Å²) in [6, 6.07) is 16.4. The number of ether oxygens (including phenoxy) is 3. The number of hydrogen-bond acceptors (Lipinski definition) is 10. The number of rotatable bonds is 17. The minimum Gasteiger partial charge on any atom is -0.493 e. The van der Waals surface area contributed by atoms with Gasteiger partial charge in [-0.1, -0.05) is 48.4 Å². The number of hydrogen-bond donors (Lipinski definition) is 2. The van der Waals surface area contributed by atoms with Crippen molar-refractivity contribution in [3.8, 4) is 28.4 Å². The van der Waals surface area contributed by atoms with Crippen LogP contribution >= 0.6 is 11.6 Å². The van der Waals surface area contributed by atoms with E-state index in [2.05, 4.69) is 28.9 Å². The molecule has 57 heavy (non-hydrogen) atoms. The molecule has 0 bridgehead atoms. The van der Waals surface area contributed by atoms with Crippen LogP contribution in [0.1, 0.15) is 59.9 Å².